The highest BCUT2D eigenvalue weighted by atomic mass is 31.2. The lowest BCUT2D eigenvalue weighted by Crippen LogP contribution is -2.15. The Morgan fingerprint density at radius 3 is 0.956 bits per heavy atom. The van der Waals surface area contributed by atoms with Gasteiger partial charge in [-0.05, 0) is 84.9 Å². The molecule has 0 amide bonds. The van der Waals surface area contributed by atoms with Crippen molar-refractivity contribution in [1.82, 2.24) is 0 Å². The van der Waals surface area contributed by atoms with Crippen LogP contribution in [0.2, 0.25) is 0 Å². The Kier molecular flexibility index (Phi) is 7.64. The minimum Gasteiger partial charge on any atom is -0.456 e. The van der Waals surface area contributed by atoms with Crippen molar-refractivity contribution in [2.45, 2.75) is 0 Å². The lowest BCUT2D eigenvalue weighted by Gasteiger charge is -2.20. The van der Waals surface area contributed by atoms with Crippen molar-refractivity contribution < 1.29 is 31.6 Å². The van der Waals surface area contributed by atoms with Crippen LogP contribution in [-0.4, -0.2) is 0 Å². The van der Waals surface area contributed by atoms with E-state index in [1.54, 1.807) is 133 Å². The van der Waals surface area contributed by atoms with Gasteiger partial charge in [0.15, 0.2) is 0 Å². The summed E-state index contributed by atoms with van der Waals surface area (Å²) in [7, 11) is -7.91. The standard InChI is InChI=1S/C36H26O7P2/c37-44(40-27-13-5-1-6-14-27,41-28-15-7-2-8-16-28)31-21-23-35-33(25-31)34-26-32(22-24-36(34)39-35)45(38,42-29-17-9-3-10-18-29)43-30-19-11-4-12-20-30/h1-26H. The van der Waals surface area contributed by atoms with Gasteiger partial charge in [0, 0.05) is 10.8 Å². The first kappa shape index (κ1) is 28.5. The lowest BCUT2D eigenvalue weighted by atomic mass is 10.1. The van der Waals surface area contributed by atoms with Crippen LogP contribution in [0.4, 0.5) is 0 Å². The molecule has 7 rings (SSSR count). The predicted molar refractivity (Wildman–Crippen MR) is 176 cm³/mol. The number of rotatable bonds is 10. The van der Waals surface area contributed by atoms with Crippen LogP contribution >= 0.6 is 15.2 Å². The maximum absolute atomic E-state index is 14.5. The molecule has 0 N–H and O–H groups in total. The zero-order valence-electron chi connectivity index (χ0n) is 23.8. The van der Waals surface area contributed by atoms with E-state index in [2.05, 4.69) is 0 Å². The largest absolute Gasteiger partial charge is 0.462 e. The van der Waals surface area contributed by atoms with Gasteiger partial charge in [-0.3, -0.25) is 0 Å². The minimum absolute atomic E-state index is 0.320. The highest BCUT2D eigenvalue weighted by Gasteiger charge is 2.34. The molecule has 0 spiro atoms. The summed E-state index contributed by atoms with van der Waals surface area (Å²) < 4.78 is 59.4. The molecule has 0 atom stereocenters. The quantitative estimate of drug-likeness (QED) is 0.139. The second-order valence-electron chi connectivity index (χ2n) is 10.1. The van der Waals surface area contributed by atoms with Gasteiger partial charge in [-0.25, -0.2) is 9.13 Å². The van der Waals surface area contributed by atoms with Gasteiger partial charge in [0.1, 0.15) is 34.2 Å². The van der Waals surface area contributed by atoms with E-state index >= 15 is 0 Å². The van der Waals surface area contributed by atoms with Crippen molar-refractivity contribution in [3.8, 4) is 23.0 Å². The molecule has 7 aromatic rings. The van der Waals surface area contributed by atoms with Crippen LogP contribution in [0.1, 0.15) is 0 Å². The van der Waals surface area contributed by atoms with Crippen molar-refractivity contribution in [2.24, 2.45) is 0 Å². The van der Waals surface area contributed by atoms with Crippen LogP contribution in [0.3, 0.4) is 0 Å². The third-order valence-electron chi connectivity index (χ3n) is 6.94. The molecule has 0 saturated heterocycles. The Labute approximate surface area is 259 Å². The smallest absolute Gasteiger partial charge is 0.456 e. The molecular formula is C36H26O7P2. The van der Waals surface area contributed by atoms with Crippen molar-refractivity contribution >= 4 is 47.7 Å². The number of fused-ring (bicyclic) bond motifs is 3. The summed E-state index contributed by atoms with van der Waals surface area (Å²) in [5.41, 5.74) is 1.08. The van der Waals surface area contributed by atoms with E-state index in [0.717, 1.165) is 0 Å². The summed E-state index contributed by atoms with van der Waals surface area (Å²) >= 11 is 0. The van der Waals surface area contributed by atoms with Gasteiger partial charge in [0.25, 0.3) is 0 Å². The van der Waals surface area contributed by atoms with Gasteiger partial charge in [0.05, 0.1) is 10.6 Å². The van der Waals surface area contributed by atoms with Crippen LogP contribution in [0.15, 0.2) is 162 Å². The Balaban J connectivity index is 1.34. The normalized spacial score (nSPS) is 11.7. The molecule has 0 aliphatic rings. The third-order valence-corrected chi connectivity index (χ3v) is 10.6. The van der Waals surface area contributed by atoms with E-state index in [1.165, 1.54) is 0 Å². The molecule has 1 aromatic heterocycles. The summed E-state index contributed by atoms with van der Waals surface area (Å²) in [5.74, 6) is 1.59. The summed E-state index contributed by atoms with van der Waals surface area (Å²) in [6, 6.07) is 45.7. The second kappa shape index (κ2) is 12.0. The van der Waals surface area contributed by atoms with E-state index in [9.17, 15) is 9.13 Å². The molecule has 0 radical (unpaired) electrons. The number of benzene rings is 6. The number of hydrogen-bond acceptors (Lipinski definition) is 7. The second-order valence-corrected chi connectivity index (χ2v) is 13.8. The molecule has 0 fully saturated rings. The average Bonchev–Trinajstić information content (AvgIpc) is 3.44. The van der Waals surface area contributed by atoms with Crippen LogP contribution in [0.25, 0.3) is 21.9 Å². The Morgan fingerprint density at radius 1 is 0.378 bits per heavy atom. The van der Waals surface area contributed by atoms with Crippen molar-refractivity contribution in [2.75, 3.05) is 0 Å². The molecular weight excluding hydrogens is 606 g/mol. The highest BCUT2D eigenvalue weighted by Crippen LogP contribution is 2.50. The summed E-state index contributed by atoms with van der Waals surface area (Å²) in [5, 5.41) is 1.90. The first-order valence-corrected chi connectivity index (χ1v) is 17.2. The fourth-order valence-corrected chi connectivity index (χ4v) is 8.00. The molecule has 6 aromatic carbocycles. The molecule has 45 heavy (non-hydrogen) atoms. The summed E-state index contributed by atoms with van der Waals surface area (Å²) in [6.07, 6.45) is 0. The van der Waals surface area contributed by atoms with Crippen LogP contribution in [-0.2, 0) is 9.13 Å². The van der Waals surface area contributed by atoms with Gasteiger partial charge in [-0.1, -0.05) is 72.8 Å². The first-order chi connectivity index (χ1) is 22.0. The number of hydrogen-bond donors (Lipinski definition) is 0. The highest BCUT2D eigenvalue weighted by molar-refractivity contribution is 7.63. The minimum atomic E-state index is -3.96. The molecule has 222 valence electrons. The van der Waals surface area contributed by atoms with Gasteiger partial charge < -0.3 is 22.5 Å². The van der Waals surface area contributed by atoms with E-state index < -0.39 is 15.2 Å². The molecule has 1 heterocycles. The monoisotopic (exact) mass is 632 g/mol. The van der Waals surface area contributed by atoms with E-state index in [0.29, 0.717) is 55.5 Å². The lowest BCUT2D eigenvalue weighted by molar-refractivity contribution is 0.398. The van der Waals surface area contributed by atoms with E-state index in [4.69, 9.17) is 22.5 Å². The Morgan fingerprint density at radius 2 is 0.667 bits per heavy atom. The maximum atomic E-state index is 14.5. The first-order valence-electron chi connectivity index (χ1n) is 14.1. The van der Waals surface area contributed by atoms with Gasteiger partial charge in [-0.15, -0.1) is 0 Å². The van der Waals surface area contributed by atoms with E-state index in [1.807, 2.05) is 24.3 Å². The molecule has 0 unspecified atom stereocenters. The van der Waals surface area contributed by atoms with Crippen LogP contribution < -0.4 is 28.7 Å². The summed E-state index contributed by atoms with van der Waals surface area (Å²) in [6.45, 7) is 0. The maximum Gasteiger partial charge on any atom is 0.462 e. The zero-order valence-corrected chi connectivity index (χ0v) is 25.6. The fraction of sp³-hybridized carbons (Fsp3) is 0. The number of furan rings is 1. The fourth-order valence-electron chi connectivity index (χ4n) is 4.82. The topological polar surface area (TPSA) is 84.2 Å². The van der Waals surface area contributed by atoms with Crippen LogP contribution in [0.5, 0.6) is 23.0 Å². The van der Waals surface area contributed by atoms with Crippen molar-refractivity contribution in [3.05, 3.63) is 158 Å². The Hall–Kier alpha value is -5.22. The molecule has 0 saturated carbocycles. The summed E-state index contributed by atoms with van der Waals surface area (Å²) in [4.78, 5) is 0. The third kappa shape index (κ3) is 6.09. The van der Waals surface area contributed by atoms with Crippen molar-refractivity contribution in [3.63, 3.8) is 0 Å². The zero-order chi connectivity index (χ0) is 30.7. The van der Waals surface area contributed by atoms with Gasteiger partial charge >= 0.3 is 15.2 Å². The molecule has 9 heteroatoms. The molecule has 7 nitrogen and oxygen atoms in total. The predicted octanol–water partition coefficient (Wildman–Crippen LogP) is 9.54. The van der Waals surface area contributed by atoms with E-state index in [-0.39, 0.29) is 0 Å². The molecule has 0 aliphatic heterocycles. The Bertz CT molecular complexity index is 1920. The SMILES string of the molecule is O=P(Oc1ccccc1)(Oc1ccccc1)c1ccc2oc3ccc(P(=O)(Oc4ccccc4)Oc4ccccc4)cc3c2c1. The van der Waals surface area contributed by atoms with Crippen LogP contribution in [0, 0.1) is 0 Å². The van der Waals surface area contributed by atoms with Gasteiger partial charge in [0.2, 0.25) is 0 Å². The molecule has 0 bridgehead atoms. The molecule has 0 aliphatic carbocycles. The van der Waals surface area contributed by atoms with Gasteiger partial charge in [-0.2, -0.15) is 0 Å². The van der Waals surface area contributed by atoms with Crippen molar-refractivity contribution in [1.29, 1.82) is 0 Å². The average molecular weight is 633 g/mol. The number of para-hydroxylation sites is 4.